The summed E-state index contributed by atoms with van der Waals surface area (Å²) in [6.45, 7) is 27.2. The van der Waals surface area contributed by atoms with E-state index < -0.39 is 65.7 Å². The first-order valence-corrected chi connectivity index (χ1v) is 24.7. The number of esters is 2. The Morgan fingerprint density at radius 2 is 1.05 bits per heavy atom. The Morgan fingerprint density at radius 1 is 0.633 bits per heavy atom. The van der Waals surface area contributed by atoms with E-state index in [9.17, 15) is 24.0 Å². The molecular weight excluding hydrogens is 1240 g/mol. The molecule has 1 unspecified atom stereocenters. The Labute approximate surface area is 512 Å². The number of carbonyl (C=O) groups is 5. The number of hydrogen-bond acceptors (Lipinski definition) is 22. The zero-order chi connectivity index (χ0) is 57.5. The molecule has 1 aromatic rings. The van der Waals surface area contributed by atoms with Crippen LogP contribution in [0.25, 0.3) is 0 Å². The van der Waals surface area contributed by atoms with Gasteiger partial charge in [0.2, 0.25) is 0 Å². The van der Waals surface area contributed by atoms with Crippen molar-refractivity contribution in [2.24, 2.45) is 28.7 Å². The second-order valence-electron chi connectivity index (χ2n) is 19.6. The van der Waals surface area contributed by atoms with Crippen LogP contribution in [0.15, 0.2) is 12.1 Å². The van der Waals surface area contributed by atoms with E-state index in [1.165, 1.54) is 14.2 Å². The number of aliphatic hydroxyl groups excluding tert-OH is 2. The molecule has 1 aromatic carbocycles. The number of rotatable bonds is 22. The largest absolute Gasteiger partial charge is 0.490 e. The van der Waals surface area contributed by atoms with Crippen LogP contribution >= 0.6 is 73.6 Å². The highest BCUT2D eigenvalue weighted by atomic mass is 127. The summed E-state index contributed by atoms with van der Waals surface area (Å²) in [5, 5.41) is 30.9. The topological polar surface area (TPSA) is 390 Å². The van der Waals surface area contributed by atoms with Gasteiger partial charge in [0.05, 0.1) is 40.1 Å². The van der Waals surface area contributed by atoms with Crippen molar-refractivity contribution in [3.63, 3.8) is 0 Å². The first kappa shape index (κ1) is 92.7. The lowest BCUT2D eigenvalue weighted by Gasteiger charge is -2.27. The molecule has 5 atom stereocenters. The van der Waals surface area contributed by atoms with Crippen molar-refractivity contribution >= 4 is 104 Å². The molecule has 0 radical (unpaired) electrons. The fourth-order valence-corrected chi connectivity index (χ4v) is 5.62. The van der Waals surface area contributed by atoms with Gasteiger partial charge in [-0.05, 0) is 113 Å². The van der Waals surface area contributed by atoms with Crippen molar-refractivity contribution in [2.45, 2.75) is 150 Å². The van der Waals surface area contributed by atoms with Crippen LogP contribution in [-0.2, 0) is 42.7 Å². The van der Waals surface area contributed by atoms with Crippen molar-refractivity contribution < 1.29 is 72.1 Å². The van der Waals surface area contributed by atoms with Crippen LogP contribution in [0.5, 0.6) is 5.75 Å². The zero-order valence-corrected chi connectivity index (χ0v) is 54.6. The van der Waals surface area contributed by atoms with E-state index in [1.807, 2.05) is 53.7 Å². The van der Waals surface area contributed by atoms with Crippen molar-refractivity contribution in [1.82, 2.24) is 26.6 Å². The van der Waals surface area contributed by atoms with Crippen molar-refractivity contribution in [2.75, 3.05) is 99.6 Å². The number of aryl methyl sites for hydroxylation is 3. The normalized spacial score (nSPS) is 13.8. The maximum Gasteiger partial charge on any atom is 0.408 e. The number of halogens is 5. The third-order valence-electron chi connectivity index (χ3n) is 8.72. The summed E-state index contributed by atoms with van der Waals surface area (Å²) in [5.41, 5.74) is 27.1. The van der Waals surface area contributed by atoms with Gasteiger partial charge in [0.25, 0.3) is 0 Å². The average molecular weight is 1340 g/mol. The molecule has 25 nitrogen and oxygen atoms in total. The number of hydrogen-bond donors (Lipinski definition) is 12. The van der Waals surface area contributed by atoms with E-state index in [2.05, 4.69) is 31.3 Å². The molecule has 79 heavy (non-hydrogen) atoms. The van der Waals surface area contributed by atoms with Gasteiger partial charge in [-0.25, -0.2) is 24.0 Å². The Kier molecular flexibility index (Phi) is 62.4. The van der Waals surface area contributed by atoms with Crippen LogP contribution < -0.4 is 60.0 Å². The van der Waals surface area contributed by atoms with Crippen molar-refractivity contribution in [1.29, 1.82) is 0 Å². The fraction of sp³-hybridized carbons (Fsp3) is 0.776. The minimum atomic E-state index is -1.09. The Bertz CT molecular complexity index is 1680. The minimum Gasteiger partial charge on any atom is -0.490 e. The van der Waals surface area contributed by atoms with Crippen LogP contribution in [0.2, 0.25) is 0 Å². The second kappa shape index (κ2) is 53.2. The van der Waals surface area contributed by atoms with E-state index in [4.69, 9.17) is 72.0 Å². The van der Waals surface area contributed by atoms with E-state index in [1.54, 1.807) is 41.5 Å². The summed E-state index contributed by atoms with van der Waals surface area (Å²) in [4.78, 5) is 57.8. The van der Waals surface area contributed by atoms with Gasteiger partial charge in [-0.2, -0.15) is 0 Å². The number of nitrogens with one attached hydrogen (secondary N) is 5. The number of aliphatic hydroxyl groups is 2. The van der Waals surface area contributed by atoms with Crippen LogP contribution in [0.3, 0.4) is 0 Å². The number of amides is 3. The molecule has 1 saturated heterocycles. The van der Waals surface area contributed by atoms with Gasteiger partial charge in [0, 0.05) is 65.0 Å². The second-order valence-corrected chi connectivity index (χ2v) is 19.6. The Hall–Kier alpha value is -2.78. The molecule has 0 saturated carbocycles. The maximum atomic E-state index is 11.9. The summed E-state index contributed by atoms with van der Waals surface area (Å²) in [6, 6.07) is 1.60. The predicted molar refractivity (Wildman–Crippen MR) is 328 cm³/mol. The van der Waals surface area contributed by atoms with E-state index in [0.717, 1.165) is 49.1 Å². The highest BCUT2D eigenvalue weighted by Gasteiger charge is 2.27. The van der Waals surface area contributed by atoms with Gasteiger partial charge in [0.15, 0.2) is 18.4 Å². The zero-order valence-electron chi connectivity index (χ0n) is 49.0. The van der Waals surface area contributed by atoms with Crippen LogP contribution in [0, 0.1) is 20.8 Å². The maximum absolute atomic E-state index is 11.9. The fourth-order valence-electron chi connectivity index (χ4n) is 5.62. The lowest BCUT2D eigenvalue weighted by atomic mass is 10.1. The highest BCUT2D eigenvalue weighted by Crippen LogP contribution is 2.25. The number of benzene rings is 1. The van der Waals surface area contributed by atoms with Crippen LogP contribution in [-0.4, -0.2) is 187 Å². The number of alkyl carbamates (subject to hydrolysis) is 3. The number of nitrogens with two attached hydrogens (primary N) is 5. The molecule has 474 valence electrons. The third-order valence-corrected chi connectivity index (χ3v) is 8.72. The lowest BCUT2D eigenvalue weighted by Crippen LogP contribution is -2.48. The Morgan fingerprint density at radius 3 is 1.42 bits per heavy atom. The quantitative estimate of drug-likeness (QED) is 0.0343. The summed E-state index contributed by atoms with van der Waals surface area (Å²) in [6.07, 6.45) is 1.00. The van der Waals surface area contributed by atoms with Crippen molar-refractivity contribution in [3.8, 4) is 5.75 Å². The predicted octanol–water partition coefficient (Wildman–Crippen LogP) is 3.14. The molecular formula is C49H103Cl4IN10O15. The molecule has 1 aliphatic heterocycles. The van der Waals surface area contributed by atoms with E-state index in [0.29, 0.717) is 58.2 Å². The average Bonchev–Trinajstić information content (AvgIpc) is 3.30. The van der Waals surface area contributed by atoms with Gasteiger partial charge < -0.3 is 103 Å². The number of ether oxygens (including phenoxy) is 8. The van der Waals surface area contributed by atoms with E-state index in [-0.39, 0.29) is 105 Å². The molecule has 1 fully saturated rings. The highest BCUT2D eigenvalue weighted by molar-refractivity contribution is 14.0. The van der Waals surface area contributed by atoms with Gasteiger partial charge in [0.1, 0.15) is 29.2 Å². The van der Waals surface area contributed by atoms with Gasteiger partial charge in [-0.3, -0.25) is 0 Å². The molecule has 0 bridgehead atoms. The monoisotopic (exact) mass is 1340 g/mol. The molecule has 17 N–H and O–H groups in total. The Balaban J connectivity index is -0.000000141. The number of carbonyl (C=O) groups excluding carboxylic acids is 5. The third kappa shape index (κ3) is 55.5. The molecule has 3 amide bonds. The van der Waals surface area contributed by atoms with E-state index >= 15 is 0 Å². The van der Waals surface area contributed by atoms with Crippen molar-refractivity contribution in [3.05, 3.63) is 28.8 Å². The van der Waals surface area contributed by atoms with Crippen LogP contribution in [0.1, 0.15) is 98.3 Å². The molecule has 0 aliphatic carbocycles. The minimum absolute atomic E-state index is 0. The molecule has 2 rings (SSSR count). The lowest BCUT2D eigenvalue weighted by molar-refractivity contribution is -0.165. The SMILES string of the molecule is CC(C)(C)OC(=O)N[C@H](CNCCN)COC1CCCCO1.COC(=O)[C@H](CO)NC(=O)OC(C)(C)C.COC(=O)[C@H](COc1c(C)cc(C)cc1C)NC(=O)OC(C)(C)C.Cl.Cl.Cl.Cl.I.NCCN.NCCNC[C@@H](N)CO. The molecule has 1 aliphatic rings. The van der Waals surface area contributed by atoms with Gasteiger partial charge in [-0.1, -0.05) is 17.7 Å². The standard InChI is InChI=1S/C18H27NO5.C15H31N3O4.C9H17NO5.C5H15N3O.C2H8N2.4ClH.HI/c1-11-8-12(2)15(13(3)9-11)23-10-14(16(20)22-7)19-17(21)24-18(4,5)6;1-15(2,3)22-14(19)18-12(10-17-8-7-16)11-21-13-6-4-5-9-20-13;1-9(2,3)15-8(13)10-6(5-11)7(12)14-4;6-1-2-8-3-5(7)4-9;3-1-2-4;;;;;/h8-9,14H,10H2,1-7H3,(H,19,21);12-13,17H,4-11,16H2,1-3H3,(H,18,19);6,11H,5H2,1-4H3,(H,10,13);5,8-9H,1-4,6-7H2;1-4H2;5*1H/t14-;12-,13?;6-;5-;;;;;;/m0101....../s1. The molecule has 0 spiro atoms. The summed E-state index contributed by atoms with van der Waals surface area (Å²) < 4.78 is 41.5. The number of methoxy groups -OCH3 is 2. The van der Waals surface area contributed by atoms with Crippen LogP contribution in [0.4, 0.5) is 14.4 Å². The van der Waals surface area contributed by atoms with Gasteiger partial charge in [-0.15, -0.1) is 73.6 Å². The molecule has 0 aromatic heterocycles. The first-order valence-electron chi connectivity index (χ1n) is 24.7. The van der Waals surface area contributed by atoms with Gasteiger partial charge >= 0.3 is 30.2 Å². The smallest absolute Gasteiger partial charge is 0.408 e. The summed E-state index contributed by atoms with van der Waals surface area (Å²) in [7, 11) is 2.43. The summed E-state index contributed by atoms with van der Waals surface area (Å²) in [5.74, 6) is -0.618. The first-order chi connectivity index (χ1) is 34.5. The molecule has 1 heterocycles. The summed E-state index contributed by atoms with van der Waals surface area (Å²) >= 11 is 0. The molecule has 30 heteroatoms.